The van der Waals surface area contributed by atoms with E-state index < -0.39 is 15.9 Å². The van der Waals surface area contributed by atoms with Crippen LogP contribution in [0, 0.1) is 0 Å². The average Bonchev–Trinajstić information content (AvgIpc) is 3.26. The van der Waals surface area contributed by atoms with Crippen molar-refractivity contribution >= 4 is 15.9 Å². The number of ether oxygens (including phenoxy) is 3. The minimum absolute atomic E-state index is 0.0218. The minimum Gasteiger partial charge on any atom is -0.490 e. The highest BCUT2D eigenvalue weighted by atomic mass is 32.2. The predicted octanol–water partition coefficient (Wildman–Crippen LogP) is 3.68. The highest BCUT2D eigenvalue weighted by molar-refractivity contribution is 7.89. The van der Waals surface area contributed by atoms with Gasteiger partial charge in [-0.15, -0.1) is 5.73 Å². The Kier molecular flexibility index (Phi) is 7.48. The van der Waals surface area contributed by atoms with Gasteiger partial charge in [-0.05, 0) is 37.8 Å². The molecule has 4 aliphatic rings. The van der Waals surface area contributed by atoms with Crippen LogP contribution in [0.4, 0.5) is 0 Å². The van der Waals surface area contributed by atoms with Gasteiger partial charge in [0.15, 0.2) is 11.5 Å². The Balaban J connectivity index is 1.21. The monoisotopic (exact) mass is 514 g/mol. The molecule has 9 nitrogen and oxygen atoms in total. The van der Waals surface area contributed by atoms with E-state index in [0.29, 0.717) is 30.1 Å². The summed E-state index contributed by atoms with van der Waals surface area (Å²) in [5.74, 6) is 1.24. The number of carbonyl (C=O) groups is 1. The molecule has 1 aromatic rings. The van der Waals surface area contributed by atoms with Crippen molar-refractivity contribution in [1.29, 1.82) is 0 Å². The molecule has 1 N–H and O–H groups in total. The second-order valence-corrected chi connectivity index (χ2v) is 11.1. The minimum atomic E-state index is -3.88. The van der Waals surface area contributed by atoms with Gasteiger partial charge in [-0.2, -0.15) is 4.31 Å². The summed E-state index contributed by atoms with van der Waals surface area (Å²) >= 11 is 0. The largest absolute Gasteiger partial charge is 0.490 e. The van der Waals surface area contributed by atoms with E-state index in [1.807, 2.05) is 0 Å². The van der Waals surface area contributed by atoms with Crippen LogP contribution in [0.2, 0.25) is 0 Å². The van der Waals surface area contributed by atoms with Gasteiger partial charge in [-0.1, -0.05) is 31.4 Å². The first kappa shape index (κ1) is 24.6. The number of amides is 1. The molecule has 1 aromatic carbocycles. The summed E-state index contributed by atoms with van der Waals surface area (Å²) in [4.78, 5) is 18.4. The number of sulfonamides is 1. The van der Waals surface area contributed by atoms with Gasteiger partial charge in [-0.3, -0.25) is 9.63 Å². The van der Waals surface area contributed by atoms with Crippen LogP contribution >= 0.6 is 0 Å². The van der Waals surface area contributed by atoms with Crippen LogP contribution in [-0.4, -0.2) is 50.7 Å². The molecule has 192 valence electrons. The molecule has 0 unspecified atom stereocenters. The van der Waals surface area contributed by atoms with Gasteiger partial charge in [0.25, 0.3) is 5.91 Å². The number of rotatable bonds is 7. The Morgan fingerprint density at radius 1 is 0.972 bits per heavy atom. The molecule has 5 rings (SSSR count). The average molecular weight is 515 g/mol. The van der Waals surface area contributed by atoms with E-state index in [9.17, 15) is 13.2 Å². The van der Waals surface area contributed by atoms with E-state index in [4.69, 9.17) is 19.0 Å². The van der Waals surface area contributed by atoms with Crippen molar-refractivity contribution in [1.82, 2.24) is 9.79 Å². The Hall–Kier alpha value is -3.04. The highest BCUT2D eigenvalue weighted by Crippen LogP contribution is 2.28. The molecular formula is C26H30N2O7S. The molecular weight excluding hydrogens is 484 g/mol. The number of hydroxylamine groups is 1. The van der Waals surface area contributed by atoms with Gasteiger partial charge < -0.3 is 14.2 Å². The molecule has 36 heavy (non-hydrogen) atoms. The topological polar surface area (TPSA) is 103 Å². The van der Waals surface area contributed by atoms with Crippen molar-refractivity contribution in [2.24, 2.45) is 0 Å². The molecule has 1 amide bonds. The van der Waals surface area contributed by atoms with E-state index >= 15 is 0 Å². The van der Waals surface area contributed by atoms with Crippen molar-refractivity contribution in [3.63, 3.8) is 0 Å². The van der Waals surface area contributed by atoms with E-state index in [2.05, 4.69) is 11.2 Å². The highest BCUT2D eigenvalue weighted by Gasteiger charge is 2.33. The van der Waals surface area contributed by atoms with Crippen molar-refractivity contribution in [3.05, 3.63) is 71.1 Å². The number of nitrogens with one attached hydrogen (secondary N) is 1. The Bertz CT molecular complexity index is 1220. The fourth-order valence-electron chi connectivity index (χ4n) is 4.74. The number of allylic oxidation sites excluding steroid dienone is 3. The SMILES string of the molecule is O=C(NOC1CCCCC1)c1ccccc1S(=O)(=O)N1CCC(OC2=CC3=C(C=C=C2)OCO3)CC1. The van der Waals surface area contributed by atoms with E-state index in [0.717, 1.165) is 25.7 Å². The summed E-state index contributed by atoms with van der Waals surface area (Å²) in [5.41, 5.74) is 5.55. The van der Waals surface area contributed by atoms with Crippen molar-refractivity contribution < 1.29 is 32.3 Å². The zero-order chi connectivity index (χ0) is 25.0. The molecule has 10 heteroatoms. The number of piperidine rings is 1. The van der Waals surface area contributed by atoms with E-state index in [1.165, 1.54) is 22.9 Å². The van der Waals surface area contributed by atoms with Crippen LogP contribution in [0.3, 0.4) is 0 Å². The summed E-state index contributed by atoms with van der Waals surface area (Å²) < 4.78 is 45.2. The summed E-state index contributed by atoms with van der Waals surface area (Å²) in [6, 6.07) is 6.25. The molecule has 0 spiro atoms. The van der Waals surface area contributed by atoms with Gasteiger partial charge in [0.2, 0.25) is 16.8 Å². The Labute approximate surface area is 211 Å². The molecule has 0 bridgehead atoms. The maximum absolute atomic E-state index is 13.5. The quantitative estimate of drug-likeness (QED) is 0.437. The molecule has 0 radical (unpaired) electrons. The standard InChI is InChI=1S/C26H30N2O7S/c29-26(27-35-20-7-2-1-3-8-20)22-10-4-5-12-25(22)36(30,31)28-15-13-19(14-16-28)34-21-9-6-11-23-24(17-21)33-18-32-23/h4-5,9-12,17,19-20H,1-3,7-8,13-16,18H2,(H,27,29). The molecule has 2 aliphatic heterocycles. The van der Waals surface area contributed by atoms with Crippen LogP contribution in [0.15, 0.2) is 70.4 Å². The van der Waals surface area contributed by atoms with Crippen molar-refractivity contribution in [2.45, 2.75) is 62.0 Å². The lowest BCUT2D eigenvalue weighted by molar-refractivity contribution is -0.0314. The lowest BCUT2D eigenvalue weighted by Gasteiger charge is -2.32. The van der Waals surface area contributed by atoms with Crippen LogP contribution in [-0.2, 0) is 29.1 Å². The van der Waals surface area contributed by atoms with Crippen molar-refractivity contribution in [3.8, 4) is 0 Å². The lowest BCUT2D eigenvalue weighted by atomic mass is 9.98. The fraction of sp³-hybridized carbons (Fsp3) is 0.462. The fourth-order valence-corrected chi connectivity index (χ4v) is 6.40. The predicted molar refractivity (Wildman–Crippen MR) is 130 cm³/mol. The molecule has 1 saturated carbocycles. The van der Waals surface area contributed by atoms with Crippen LogP contribution in [0.5, 0.6) is 0 Å². The first-order valence-corrected chi connectivity index (χ1v) is 13.8. The summed E-state index contributed by atoms with van der Waals surface area (Å²) in [6.07, 6.45) is 11.1. The lowest BCUT2D eigenvalue weighted by Crippen LogP contribution is -2.41. The third-order valence-electron chi connectivity index (χ3n) is 6.71. The maximum atomic E-state index is 13.5. The van der Waals surface area contributed by atoms with Crippen LogP contribution in [0.25, 0.3) is 0 Å². The van der Waals surface area contributed by atoms with Gasteiger partial charge >= 0.3 is 0 Å². The molecule has 2 fully saturated rings. The Morgan fingerprint density at radius 3 is 2.53 bits per heavy atom. The van der Waals surface area contributed by atoms with Gasteiger partial charge in [0, 0.05) is 31.3 Å². The van der Waals surface area contributed by atoms with Crippen LogP contribution < -0.4 is 5.48 Å². The second kappa shape index (κ2) is 10.9. The number of nitrogens with zero attached hydrogens (tertiary/aromatic N) is 1. The molecule has 0 aromatic heterocycles. The number of carbonyl (C=O) groups excluding carboxylic acids is 1. The summed E-state index contributed by atoms with van der Waals surface area (Å²) in [7, 11) is -3.88. The number of benzene rings is 1. The smallest absolute Gasteiger partial charge is 0.276 e. The van der Waals surface area contributed by atoms with E-state index in [-0.39, 0.29) is 42.5 Å². The van der Waals surface area contributed by atoms with Gasteiger partial charge in [0.05, 0.1) is 16.6 Å². The normalized spacial score (nSPS) is 21.3. The molecule has 0 atom stereocenters. The Morgan fingerprint density at radius 2 is 1.72 bits per heavy atom. The third kappa shape index (κ3) is 5.52. The summed E-state index contributed by atoms with van der Waals surface area (Å²) in [6.45, 7) is 0.721. The zero-order valence-corrected chi connectivity index (χ0v) is 20.8. The van der Waals surface area contributed by atoms with Gasteiger partial charge in [0.1, 0.15) is 11.9 Å². The molecule has 2 aliphatic carbocycles. The number of hydrogen-bond acceptors (Lipinski definition) is 7. The summed E-state index contributed by atoms with van der Waals surface area (Å²) in [5, 5.41) is 0. The van der Waals surface area contributed by atoms with Crippen molar-refractivity contribution in [2.75, 3.05) is 19.9 Å². The zero-order valence-electron chi connectivity index (χ0n) is 20.0. The first-order chi connectivity index (χ1) is 17.5. The second-order valence-electron chi connectivity index (χ2n) is 9.16. The van der Waals surface area contributed by atoms with Gasteiger partial charge in [-0.25, -0.2) is 13.9 Å². The maximum Gasteiger partial charge on any atom is 0.276 e. The third-order valence-corrected chi connectivity index (χ3v) is 8.67. The van der Waals surface area contributed by atoms with E-state index in [1.54, 1.807) is 30.4 Å². The van der Waals surface area contributed by atoms with Crippen LogP contribution in [0.1, 0.15) is 55.3 Å². The molecule has 1 saturated heterocycles. The first-order valence-electron chi connectivity index (χ1n) is 12.4. The number of hydrogen-bond donors (Lipinski definition) is 1. The molecule has 2 heterocycles.